The van der Waals surface area contributed by atoms with E-state index in [-0.39, 0.29) is 24.8 Å². The second-order valence-electron chi connectivity index (χ2n) is 6.62. The zero-order valence-electron chi connectivity index (χ0n) is 15.6. The van der Waals surface area contributed by atoms with Gasteiger partial charge in [-0.25, -0.2) is 0 Å². The number of ether oxygens (including phenoxy) is 2. The molecule has 8 heteroatoms. The Morgan fingerprint density at radius 2 is 2.04 bits per heavy atom. The molecule has 0 radical (unpaired) electrons. The summed E-state index contributed by atoms with van der Waals surface area (Å²) in [6, 6.07) is 7.65. The maximum Gasteiger partial charge on any atom is 0.312 e. The van der Waals surface area contributed by atoms with Crippen molar-refractivity contribution >= 4 is 35.2 Å². The van der Waals surface area contributed by atoms with Crippen molar-refractivity contribution in [3.63, 3.8) is 0 Å². The van der Waals surface area contributed by atoms with Gasteiger partial charge in [-0.3, -0.25) is 14.4 Å². The number of benzene rings is 1. The Bertz CT molecular complexity index is 720. The van der Waals surface area contributed by atoms with Crippen LogP contribution in [0.2, 0.25) is 0 Å². The number of nitrogens with zero attached hydrogens (tertiary/aromatic N) is 2. The van der Waals surface area contributed by atoms with E-state index < -0.39 is 18.0 Å². The average molecular weight is 392 g/mol. The predicted octanol–water partition coefficient (Wildman–Crippen LogP) is 1.55. The number of thioether (sulfide) groups is 1. The van der Waals surface area contributed by atoms with Gasteiger partial charge in [0.05, 0.1) is 19.1 Å². The van der Waals surface area contributed by atoms with Crippen LogP contribution in [0.1, 0.15) is 13.3 Å². The molecule has 2 atom stereocenters. The topological polar surface area (TPSA) is 76.2 Å². The van der Waals surface area contributed by atoms with Crippen molar-refractivity contribution in [3.05, 3.63) is 24.3 Å². The minimum atomic E-state index is -0.862. The average Bonchev–Trinajstić information content (AvgIpc) is 3.10. The Hall–Kier alpha value is -2.06. The summed E-state index contributed by atoms with van der Waals surface area (Å²) in [6.07, 6.45) is 1.21. The summed E-state index contributed by atoms with van der Waals surface area (Å²) >= 11 is 1.59. The maximum atomic E-state index is 12.5. The van der Waals surface area contributed by atoms with Crippen molar-refractivity contribution in [2.75, 3.05) is 44.0 Å². The van der Waals surface area contributed by atoms with E-state index in [1.807, 2.05) is 30.5 Å². The van der Waals surface area contributed by atoms with E-state index in [4.69, 9.17) is 9.47 Å². The SMILES string of the molecule is CSc1cccc(N2C[C@H](C(=O)O[C@@H](C)C(=O)N3CCOCC3)CC2=O)c1. The van der Waals surface area contributed by atoms with Crippen LogP contribution in [0.25, 0.3) is 0 Å². The molecule has 3 rings (SSSR count). The number of hydrogen-bond acceptors (Lipinski definition) is 6. The fourth-order valence-electron chi connectivity index (χ4n) is 3.26. The van der Waals surface area contributed by atoms with Gasteiger partial charge >= 0.3 is 5.97 Å². The van der Waals surface area contributed by atoms with Crippen LogP contribution in [0, 0.1) is 5.92 Å². The van der Waals surface area contributed by atoms with Crippen molar-refractivity contribution < 1.29 is 23.9 Å². The van der Waals surface area contributed by atoms with E-state index in [0.29, 0.717) is 26.3 Å². The smallest absolute Gasteiger partial charge is 0.312 e. The largest absolute Gasteiger partial charge is 0.452 e. The van der Waals surface area contributed by atoms with Gasteiger partial charge in [0.15, 0.2) is 6.10 Å². The number of hydrogen-bond donors (Lipinski definition) is 0. The second kappa shape index (κ2) is 8.75. The molecule has 0 aromatic heterocycles. The number of morpholine rings is 1. The van der Waals surface area contributed by atoms with Crippen LogP contribution in [0.15, 0.2) is 29.2 Å². The van der Waals surface area contributed by atoms with Crippen LogP contribution in [-0.4, -0.2) is 67.9 Å². The van der Waals surface area contributed by atoms with Crippen LogP contribution in [0.4, 0.5) is 5.69 Å². The molecule has 2 saturated heterocycles. The second-order valence-corrected chi connectivity index (χ2v) is 7.50. The van der Waals surface area contributed by atoms with Crippen LogP contribution in [0.3, 0.4) is 0 Å². The summed E-state index contributed by atoms with van der Waals surface area (Å²) in [5.74, 6) is -1.39. The lowest BCUT2D eigenvalue weighted by Gasteiger charge is -2.29. The molecule has 0 unspecified atom stereocenters. The predicted molar refractivity (Wildman–Crippen MR) is 102 cm³/mol. The summed E-state index contributed by atoms with van der Waals surface area (Å²) in [4.78, 5) is 41.6. The number of esters is 1. The first-order chi connectivity index (χ1) is 13.0. The van der Waals surface area contributed by atoms with Crippen molar-refractivity contribution in [1.29, 1.82) is 0 Å². The molecule has 2 fully saturated rings. The molecule has 2 aliphatic heterocycles. The van der Waals surface area contributed by atoms with Gasteiger partial charge in [-0.2, -0.15) is 0 Å². The number of amides is 2. The molecule has 7 nitrogen and oxygen atoms in total. The maximum absolute atomic E-state index is 12.5. The molecule has 2 heterocycles. The summed E-state index contributed by atoms with van der Waals surface area (Å²) in [5, 5.41) is 0. The Labute approximate surface area is 163 Å². The van der Waals surface area contributed by atoms with Gasteiger partial charge in [-0.1, -0.05) is 6.07 Å². The van der Waals surface area contributed by atoms with Crippen LogP contribution in [-0.2, 0) is 23.9 Å². The molecule has 1 aromatic carbocycles. The summed E-state index contributed by atoms with van der Waals surface area (Å²) in [6.45, 7) is 3.84. The highest BCUT2D eigenvalue weighted by molar-refractivity contribution is 7.98. The molecule has 2 aliphatic rings. The highest BCUT2D eigenvalue weighted by atomic mass is 32.2. The normalized spacial score (nSPS) is 21.3. The number of carbonyl (C=O) groups is 3. The van der Waals surface area contributed by atoms with Gasteiger partial charge in [0.1, 0.15) is 0 Å². The van der Waals surface area contributed by atoms with E-state index >= 15 is 0 Å². The van der Waals surface area contributed by atoms with Crippen LogP contribution in [0.5, 0.6) is 0 Å². The minimum absolute atomic E-state index is 0.0980. The van der Waals surface area contributed by atoms with Crippen LogP contribution < -0.4 is 4.90 Å². The van der Waals surface area contributed by atoms with E-state index in [2.05, 4.69) is 0 Å². The molecule has 0 N–H and O–H groups in total. The Balaban J connectivity index is 1.59. The molecule has 0 spiro atoms. The first-order valence-electron chi connectivity index (χ1n) is 9.01. The third kappa shape index (κ3) is 4.62. The fraction of sp³-hybridized carbons (Fsp3) is 0.526. The molecule has 27 heavy (non-hydrogen) atoms. The van der Waals surface area contributed by atoms with Crippen molar-refractivity contribution in [3.8, 4) is 0 Å². The first kappa shape index (κ1) is 19.7. The van der Waals surface area contributed by atoms with E-state index in [1.165, 1.54) is 0 Å². The molecule has 2 amide bonds. The lowest BCUT2D eigenvalue weighted by Crippen LogP contribution is -2.46. The fourth-order valence-corrected chi connectivity index (χ4v) is 3.71. The standard InChI is InChI=1S/C19H24N2O5S/c1-13(18(23)20-6-8-25-9-7-20)26-19(24)14-10-17(22)21(12-14)15-4-3-5-16(11-15)27-2/h3-5,11,13-14H,6-10,12H2,1-2H3/t13-,14+/m0/s1. The highest BCUT2D eigenvalue weighted by Crippen LogP contribution is 2.29. The zero-order valence-corrected chi connectivity index (χ0v) is 16.4. The monoisotopic (exact) mass is 392 g/mol. The van der Waals surface area contributed by atoms with Gasteiger partial charge in [0.25, 0.3) is 5.91 Å². The number of anilines is 1. The van der Waals surface area contributed by atoms with Crippen molar-refractivity contribution in [2.45, 2.75) is 24.3 Å². The van der Waals surface area contributed by atoms with Gasteiger partial charge in [-0.15, -0.1) is 11.8 Å². The highest BCUT2D eigenvalue weighted by Gasteiger charge is 2.38. The van der Waals surface area contributed by atoms with Gasteiger partial charge in [-0.05, 0) is 31.4 Å². The van der Waals surface area contributed by atoms with Gasteiger partial charge in [0, 0.05) is 36.6 Å². The van der Waals surface area contributed by atoms with E-state index in [0.717, 1.165) is 10.6 Å². The van der Waals surface area contributed by atoms with Gasteiger partial charge < -0.3 is 19.3 Å². The molecule has 146 valence electrons. The summed E-state index contributed by atoms with van der Waals surface area (Å²) < 4.78 is 10.6. The van der Waals surface area contributed by atoms with E-state index in [9.17, 15) is 14.4 Å². The molecule has 1 aromatic rings. The Kier molecular flexibility index (Phi) is 6.38. The molecule has 0 bridgehead atoms. The molecule has 0 aliphatic carbocycles. The van der Waals surface area contributed by atoms with Crippen molar-refractivity contribution in [1.82, 2.24) is 4.90 Å². The lowest BCUT2D eigenvalue weighted by molar-refractivity contribution is -0.163. The molecular weight excluding hydrogens is 368 g/mol. The lowest BCUT2D eigenvalue weighted by atomic mass is 10.1. The van der Waals surface area contributed by atoms with Crippen molar-refractivity contribution in [2.24, 2.45) is 5.92 Å². The zero-order chi connectivity index (χ0) is 19.4. The Morgan fingerprint density at radius 1 is 1.30 bits per heavy atom. The summed E-state index contributed by atoms with van der Waals surface area (Å²) in [7, 11) is 0. The first-order valence-corrected chi connectivity index (χ1v) is 10.2. The van der Waals surface area contributed by atoms with E-state index in [1.54, 1.807) is 28.5 Å². The Morgan fingerprint density at radius 3 is 2.74 bits per heavy atom. The third-order valence-electron chi connectivity index (χ3n) is 4.79. The molecular formula is C19H24N2O5S. The van der Waals surface area contributed by atoms with Crippen LogP contribution >= 0.6 is 11.8 Å². The number of rotatable bonds is 5. The third-order valence-corrected chi connectivity index (χ3v) is 5.51. The molecule has 0 saturated carbocycles. The van der Waals surface area contributed by atoms with Gasteiger partial charge in [0.2, 0.25) is 5.91 Å². The minimum Gasteiger partial charge on any atom is -0.452 e. The quantitative estimate of drug-likeness (QED) is 0.559. The number of carbonyl (C=O) groups excluding carboxylic acids is 3. The summed E-state index contributed by atoms with van der Waals surface area (Å²) in [5.41, 5.74) is 0.777.